The van der Waals surface area contributed by atoms with Gasteiger partial charge in [-0.25, -0.2) is 4.39 Å². The minimum Gasteiger partial charge on any atom is -0.376 e. The van der Waals surface area contributed by atoms with Crippen molar-refractivity contribution in [1.29, 1.82) is 0 Å². The number of amides is 1. The maximum absolute atomic E-state index is 13.8. The summed E-state index contributed by atoms with van der Waals surface area (Å²) in [6.45, 7) is 2.15. The molecule has 2 aliphatic rings. The number of hydrogen-bond donors (Lipinski definition) is 1. The van der Waals surface area contributed by atoms with Crippen molar-refractivity contribution >= 4 is 5.91 Å². The Balaban J connectivity index is 1.65. The highest BCUT2D eigenvalue weighted by atomic mass is 19.1. The van der Waals surface area contributed by atoms with Gasteiger partial charge in [-0.1, -0.05) is 0 Å². The number of carbonyl (C=O) groups is 1. The molecule has 1 aliphatic carbocycles. The molecule has 1 heterocycles. The second kappa shape index (κ2) is 6.12. The summed E-state index contributed by atoms with van der Waals surface area (Å²) in [7, 11) is 0. The third-order valence-corrected chi connectivity index (χ3v) is 4.11. The van der Waals surface area contributed by atoms with Crippen molar-refractivity contribution in [3.05, 3.63) is 35.1 Å². The van der Waals surface area contributed by atoms with Gasteiger partial charge in [0.15, 0.2) is 0 Å². The van der Waals surface area contributed by atoms with E-state index in [4.69, 9.17) is 10.5 Å². The van der Waals surface area contributed by atoms with Crippen LogP contribution in [0.4, 0.5) is 4.39 Å². The molecule has 0 bridgehead atoms. The van der Waals surface area contributed by atoms with Crippen LogP contribution in [0.5, 0.6) is 0 Å². The lowest BCUT2D eigenvalue weighted by Gasteiger charge is -2.16. The van der Waals surface area contributed by atoms with Crippen LogP contribution in [0.25, 0.3) is 0 Å². The Morgan fingerprint density at radius 2 is 2.19 bits per heavy atom. The molecule has 2 fully saturated rings. The molecule has 0 radical (unpaired) electrons. The zero-order valence-electron chi connectivity index (χ0n) is 12.1. The fourth-order valence-electron chi connectivity index (χ4n) is 2.59. The molecule has 5 heteroatoms. The summed E-state index contributed by atoms with van der Waals surface area (Å²) in [6, 6.07) is 4.54. The number of nitrogens with two attached hydrogens (primary N) is 1. The molecule has 1 aromatic carbocycles. The average molecular weight is 292 g/mol. The van der Waals surface area contributed by atoms with Crippen LogP contribution in [0.15, 0.2) is 18.2 Å². The van der Waals surface area contributed by atoms with Crippen LogP contribution in [-0.4, -0.2) is 36.5 Å². The van der Waals surface area contributed by atoms with Crippen LogP contribution in [0, 0.1) is 11.7 Å². The van der Waals surface area contributed by atoms with Crippen LogP contribution in [0.3, 0.4) is 0 Å². The molecule has 1 atom stereocenters. The quantitative estimate of drug-likeness (QED) is 0.902. The number of likely N-dealkylation sites (tertiary alicyclic amines) is 1. The Morgan fingerprint density at radius 3 is 2.86 bits per heavy atom. The highest BCUT2D eigenvalue weighted by Gasteiger charge is 2.25. The first-order valence-corrected chi connectivity index (χ1v) is 7.54. The molecule has 1 unspecified atom stereocenters. The van der Waals surface area contributed by atoms with Crippen molar-refractivity contribution in [2.45, 2.75) is 31.9 Å². The van der Waals surface area contributed by atoms with Gasteiger partial charge in [0.2, 0.25) is 0 Å². The van der Waals surface area contributed by atoms with E-state index in [1.165, 1.54) is 25.0 Å². The number of carbonyl (C=O) groups excluding carboxylic acids is 1. The van der Waals surface area contributed by atoms with Crippen molar-refractivity contribution < 1.29 is 13.9 Å². The standard InChI is InChI=1S/C16H21FN2O2/c17-15-4-3-12(16(20)19-6-5-14(18)8-19)7-13(15)10-21-9-11-1-2-11/h3-4,7,11,14H,1-2,5-6,8-10,18H2. The Bertz CT molecular complexity index is 531. The van der Waals surface area contributed by atoms with Crippen molar-refractivity contribution in [2.75, 3.05) is 19.7 Å². The molecule has 1 saturated carbocycles. The van der Waals surface area contributed by atoms with E-state index < -0.39 is 0 Å². The summed E-state index contributed by atoms with van der Waals surface area (Å²) in [6.07, 6.45) is 3.23. The van der Waals surface area contributed by atoms with Crippen molar-refractivity contribution in [1.82, 2.24) is 4.90 Å². The molecule has 0 aromatic heterocycles. The first-order valence-electron chi connectivity index (χ1n) is 7.54. The van der Waals surface area contributed by atoms with Crippen molar-refractivity contribution in [2.24, 2.45) is 11.7 Å². The van der Waals surface area contributed by atoms with E-state index in [-0.39, 0.29) is 24.4 Å². The summed E-state index contributed by atoms with van der Waals surface area (Å²) >= 11 is 0. The normalized spacial score (nSPS) is 21.8. The Morgan fingerprint density at radius 1 is 1.38 bits per heavy atom. The number of benzene rings is 1. The molecule has 1 aromatic rings. The molecule has 2 N–H and O–H groups in total. The largest absolute Gasteiger partial charge is 0.376 e. The first-order chi connectivity index (χ1) is 10.1. The van der Waals surface area contributed by atoms with Gasteiger partial charge in [0.1, 0.15) is 5.82 Å². The zero-order chi connectivity index (χ0) is 14.8. The molecule has 1 aliphatic heterocycles. The average Bonchev–Trinajstić information content (AvgIpc) is 3.20. The van der Waals surface area contributed by atoms with Crippen molar-refractivity contribution in [3.8, 4) is 0 Å². The number of nitrogens with zero attached hydrogens (tertiary/aromatic N) is 1. The van der Waals surface area contributed by atoms with Crippen LogP contribution in [-0.2, 0) is 11.3 Å². The summed E-state index contributed by atoms with van der Waals surface area (Å²) in [4.78, 5) is 14.1. The minimum absolute atomic E-state index is 0.0516. The predicted octanol–water partition coefficient (Wildman–Crippen LogP) is 1.93. The molecule has 0 spiro atoms. The zero-order valence-corrected chi connectivity index (χ0v) is 12.1. The van der Waals surface area contributed by atoms with E-state index >= 15 is 0 Å². The predicted molar refractivity (Wildman–Crippen MR) is 77.3 cm³/mol. The smallest absolute Gasteiger partial charge is 0.253 e. The van der Waals surface area contributed by atoms with Crippen LogP contribution in [0.2, 0.25) is 0 Å². The highest BCUT2D eigenvalue weighted by molar-refractivity contribution is 5.94. The van der Waals surface area contributed by atoms with E-state index in [0.717, 1.165) is 6.42 Å². The molecule has 3 rings (SSSR count). The lowest BCUT2D eigenvalue weighted by Crippen LogP contribution is -2.31. The van der Waals surface area contributed by atoms with Crippen molar-refractivity contribution in [3.63, 3.8) is 0 Å². The van der Waals surface area contributed by atoms with Gasteiger partial charge in [-0.15, -0.1) is 0 Å². The second-order valence-electron chi connectivity index (χ2n) is 6.06. The van der Waals surface area contributed by atoms with Gasteiger partial charge in [0.05, 0.1) is 6.61 Å². The number of hydrogen-bond acceptors (Lipinski definition) is 3. The number of ether oxygens (including phenoxy) is 1. The fraction of sp³-hybridized carbons (Fsp3) is 0.562. The minimum atomic E-state index is -0.319. The highest BCUT2D eigenvalue weighted by Crippen LogP contribution is 2.29. The topological polar surface area (TPSA) is 55.6 Å². The maximum Gasteiger partial charge on any atom is 0.253 e. The third-order valence-electron chi connectivity index (χ3n) is 4.11. The fourth-order valence-corrected chi connectivity index (χ4v) is 2.59. The molecule has 21 heavy (non-hydrogen) atoms. The Labute approximate surface area is 124 Å². The molecule has 4 nitrogen and oxygen atoms in total. The van der Waals surface area contributed by atoms with Crippen LogP contribution >= 0.6 is 0 Å². The summed E-state index contributed by atoms with van der Waals surface area (Å²) in [5.74, 6) is 0.246. The van der Waals surface area contributed by atoms with E-state index in [9.17, 15) is 9.18 Å². The van der Waals surface area contributed by atoms with Gasteiger partial charge in [0, 0.05) is 36.9 Å². The van der Waals surface area contributed by atoms with Crippen LogP contribution in [0.1, 0.15) is 35.2 Å². The monoisotopic (exact) mass is 292 g/mol. The molecular formula is C16H21FN2O2. The first kappa shape index (κ1) is 14.5. The molecular weight excluding hydrogens is 271 g/mol. The van der Waals surface area contributed by atoms with E-state index in [1.807, 2.05) is 0 Å². The van der Waals surface area contributed by atoms with Gasteiger partial charge >= 0.3 is 0 Å². The lowest BCUT2D eigenvalue weighted by atomic mass is 10.1. The van der Waals surface area contributed by atoms with Gasteiger partial charge < -0.3 is 15.4 Å². The van der Waals surface area contributed by atoms with Gasteiger partial charge in [-0.2, -0.15) is 0 Å². The van der Waals surface area contributed by atoms with Crippen LogP contribution < -0.4 is 5.73 Å². The Kier molecular flexibility index (Phi) is 4.22. The van der Waals surface area contributed by atoms with Gasteiger partial charge in [-0.3, -0.25) is 4.79 Å². The van der Waals surface area contributed by atoms with Gasteiger partial charge in [-0.05, 0) is 43.4 Å². The summed E-state index contributed by atoms with van der Waals surface area (Å²) in [5.41, 5.74) is 6.78. The third kappa shape index (κ3) is 3.60. The summed E-state index contributed by atoms with van der Waals surface area (Å²) in [5, 5.41) is 0. The number of halogens is 1. The van der Waals surface area contributed by atoms with Gasteiger partial charge in [0.25, 0.3) is 5.91 Å². The second-order valence-corrected chi connectivity index (χ2v) is 6.06. The lowest BCUT2D eigenvalue weighted by molar-refractivity contribution is 0.0790. The molecule has 1 amide bonds. The maximum atomic E-state index is 13.8. The molecule has 114 valence electrons. The van der Waals surface area contributed by atoms with E-state index in [2.05, 4.69) is 0 Å². The Hall–Kier alpha value is -1.46. The van der Waals surface area contributed by atoms with E-state index in [1.54, 1.807) is 11.0 Å². The van der Waals surface area contributed by atoms with E-state index in [0.29, 0.717) is 36.7 Å². The molecule has 1 saturated heterocycles. The SMILES string of the molecule is NC1CCN(C(=O)c2ccc(F)c(COCC3CC3)c2)C1. The number of rotatable bonds is 5. The summed E-state index contributed by atoms with van der Waals surface area (Å²) < 4.78 is 19.3.